The number of hydrogen-bond donors (Lipinski definition) is 1. The van der Waals surface area contributed by atoms with Gasteiger partial charge < -0.3 is 14.6 Å². The second-order valence-electron chi connectivity index (χ2n) is 4.17. The molecule has 0 heterocycles. The van der Waals surface area contributed by atoms with Crippen molar-refractivity contribution in [1.29, 1.82) is 0 Å². The van der Waals surface area contributed by atoms with Gasteiger partial charge in [-0.3, -0.25) is 0 Å². The molecule has 0 aliphatic carbocycles. The molecule has 0 aliphatic rings. The zero-order valence-electron chi connectivity index (χ0n) is 10.8. The van der Waals surface area contributed by atoms with Gasteiger partial charge in [0, 0.05) is 10.0 Å². The molecule has 0 fully saturated rings. The Bertz CT molecular complexity index is 530. The number of aliphatic hydroxyl groups is 1. The van der Waals surface area contributed by atoms with E-state index < -0.39 is 0 Å². The van der Waals surface area contributed by atoms with Crippen molar-refractivity contribution in [2.24, 2.45) is 0 Å². The van der Waals surface area contributed by atoms with E-state index in [1.54, 1.807) is 7.11 Å². The molecule has 2 rings (SSSR count). The van der Waals surface area contributed by atoms with Gasteiger partial charge in [-0.2, -0.15) is 0 Å². The van der Waals surface area contributed by atoms with E-state index >= 15 is 0 Å². The molecule has 0 aromatic heterocycles. The average Bonchev–Trinajstić information content (AvgIpc) is 2.42. The molecule has 0 atom stereocenters. The number of halogens is 1. The number of hydrogen-bond acceptors (Lipinski definition) is 3. The van der Waals surface area contributed by atoms with Crippen LogP contribution in [0.15, 0.2) is 40.9 Å². The Labute approximate surface area is 120 Å². The third-order valence-corrected chi connectivity index (χ3v) is 3.23. The van der Waals surface area contributed by atoms with Crippen LogP contribution in [0.1, 0.15) is 11.1 Å². The number of benzene rings is 2. The Morgan fingerprint density at radius 1 is 1.05 bits per heavy atom. The van der Waals surface area contributed by atoms with Gasteiger partial charge in [0.05, 0.1) is 13.7 Å². The molecule has 0 unspecified atom stereocenters. The summed E-state index contributed by atoms with van der Waals surface area (Å²) in [6, 6.07) is 11.2. The fourth-order valence-corrected chi connectivity index (χ4v) is 2.16. The Kier molecular flexibility index (Phi) is 4.45. The summed E-state index contributed by atoms with van der Waals surface area (Å²) in [5.74, 6) is 1.92. The number of ether oxygens (including phenoxy) is 2. The number of methoxy groups -OCH3 is 1. The third kappa shape index (κ3) is 3.28. The van der Waals surface area contributed by atoms with Gasteiger partial charge in [0.2, 0.25) is 0 Å². The van der Waals surface area contributed by atoms with E-state index in [0.29, 0.717) is 17.2 Å². The largest absolute Gasteiger partial charge is 0.493 e. The van der Waals surface area contributed by atoms with Crippen molar-refractivity contribution < 1.29 is 14.6 Å². The summed E-state index contributed by atoms with van der Waals surface area (Å²) in [5, 5.41) is 9.36. The first-order valence-electron chi connectivity index (χ1n) is 5.86. The van der Waals surface area contributed by atoms with Gasteiger partial charge in [0.1, 0.15) is 5.75 Å². The molecule has 0 saturated carbocycles. The number of rotatable bonds is 4. The van der Waals surface area contributed by atoms with Gasteiger partial charge in [0.15, 0.2) is 11.5 Å². The predicted octanol–water partition coefficient (Wildman–Crippen LogP) is 4.05. The summed E-state index contributed by atoms with van der Waals surface area (Å²) in [4.78, 5) is 0. The first-order valence-corrected chi connectivity index (χ1v) is 6.65. The molecule has 0 spiro atoms. The van der Waals surface area contributed by atoms with Crippen LogP contribution >= 0.6 is 15.9 Å². The summed E-state index contributed by atoms with van der Waals surface area (Å²) in [6.07, 6.45) is 0. The normalized spacial score (nSPS) is 10.3. The fourth-order valence-electron chi connectivity index (χ4n) is 1.75. The first kappa shape index (κ1) is 13.9. The molecule has 4 heteroatoms. The maximum atomic E-state index is 9.36. The van der Waals surface area contributed by atoms with Crippen LogP contribution in [-0.2, 0) is 6.61 Å². The molecule has 0 bridgehead atoms. The smallest absolute Gasteiger partial charge is 0.169 e. The highest BCUT2D eigenvalue weighted by atomic mass is 79.9. The summed E-state index contributed by atoms with van der Waals surface area (Å²) in [7, 11) is 1.61. The van der Waals surface area contributed by atoms with Gasteiger partial charge in [0.25, 0.3) is 0 Å². The van der Waals surface area contributed by atoms with Crippen molar-refractivity contribution in [2.75, 3.05) is 7.11 Å². The van der Waals surface area contributed by atoms with Gasteiger partial charge >= 0.3 is 0 Å². The van der Waals surface area contributed by atoms with E-state index in [1.165, 1.54) is 0 Å². The topological polar surface area (TPSA) is 38.7 Å². The highest BCUT2D eigenvalue weighted by Crippen LogP contribution is 2.34. The molecule has 1 N–H and O–H groups in total. The quantitative estimate of drug-likeness (QED) is 0.922. The van der Waals surface area contributed by atoms with Crippen LogP contribution in [0, 0.1) is 6.92 Å². The van der Waals surface area contributed by atoms with Crippen LogP contribution in [0.25, 0.3) is 0 Å². The van der Waals surface area contributed by atoms with Crippen molar-refractivity contribution in [3.8, 4) is 17.2 Å². The molecule has 100 valence electrons. The minimum absolute atomic E-state index is 0.0804. The van der Waals surface area contributed by atoms with E-state index in [-0.39, 0.29) is 6.61 Å². The summed E-state index contributed by atoms with van der Waals surface area (Å²) >= 11 is 3.37. The van der Waals surface area contributed by atoms with Gasteiger partial charge in [-0.25, -0.2) is 0 Å². The van der Waals surface area contributed by atoms with E-state index in [9.17, 15) is 5.11 Å². The van der Waals surface area contributed by atoms with Gasteiger partial charge in [-0.05, 0) is 42.8 Å². The van der Waals surface area contributed by atoms with Gasteiger partial charge in [-0.15, -0.1) is 0 Å². The van der Waals surface area contributed by atoms with Crippen molar-refractivity contribution >= 4 is 15.9 Å². The SMILES string of the molecule is COc1cc(C)ccc1Oc1ccc(Br)cc1CO. The molecule has 19 heavy (non-hydrogen) atoms. The molecule has 0 aliphatic heterocycles. The molecular weight excluding hydrogens is 308 g/mol. The van der Waals surface area contributed by atoms with Crippen LogP contribution in [0.4, 0.5) is 0 Å². The Morgan fingerprint density at radius 3 is 2.47 bits per heavy atom. The van der Waals surface area contributed by atoms with Crippen LogP contribution in [0.5, 0.6) is 17.2 Å². The third-order valence-electron chi connectivity index (χ3n) is 2.73. The molecule has 0 amide bonds. The lowest BCUT2D eigenvalue weighted by Gasteiger charge is -2.13. The van der Waals surface area contributed by atoms with E-state index in [1.807, 2.05) is 43.3 Å². The molecule has 0 saturated heterocycles. The van der Waals surface area contributed by atoms with Crippen LogP contribution in [-0.4, -0.2) is 12.2 Å². The lowest BCUT2D eigenvalue weighted by Crippen LogP contribution is -1.94. The molecule has 3 nitrogen and oxygen atoms in total. The standard InChI is InChI=1S/C15H15BrO3/c1-10-3-5-14(15(7-10)18-2)19-13-6-4-12(16)8-11(13)9-17/h3-8,17H,9H2,1-2H3. The predicted molar refractivity (Wildman–Crippen MR) is 77.9 cm³/mol. The number of aliphatic hydroxyl groups excluding tert-OH is 1. The molecule has 2 aromatic carbocycles. The van der Waals surface area contributed by atoms with Crippen LogP contribution in [0.2, 0.25) is 0 Å². The maximum absolute atomic E-state index is 9.36. The average molecular weight is 323 g/mol. The van der Waals surface area contributed by atoms with E-state index in [2.05, 4.69) is 15.9 Å². The highest BCUT2D eigenvalue weighted by molar-refractivity contribution is 9.10. The second kappa shape index (κ2) is 6.08. The lowest BCUT2D eigenvalue weighted by molar-refractivity contribution is 0.275. The molecular formula is C15H15BrO3. The zero-order valence-corrected chi connectivity index (χ0v) is 12.4. The molecule has 0 radical (unpaired) electrons. The van der Waals surface area contributed by atoms with Crippen molar-refractivity contribution in [1.82, 2.24) is 0 Å². The number of aryl methyl sites for hydroxylation is 1. The minimum Gasteiger partial charge on any atom is -0.493 e. The Morgan fingerprint density at radius 2 is 1.79 bits per heavy atom. The summed E-state index contributed by atoms with van der Waals surface area (Å²) < 4.78 is 12.0. The van der Waals surface area contributed by atoms with E-state index in [4.69, 9.17) is 9.47 Å². The zero-order chi connectivity index (χ0) is 13.8. The van der Waals surface area contributed by atoms with Crippen molar-refractivity contribution in [2.45, 2.75) is 13.5 Å². The fraction of sp³-hybridized carbons (Fsp3) is 0.200. The molecule has 2 aromatic rings. The van der Waals surface area contributed by atoms with Crippen LogP contribution in [0.3, 0.4) is 0 Å². The first-order chi connectivity index (χ1) is 9.13. The Balaban J connectivity index is 2.36. The van der Waals surface area contributed by atoms with Crippen molar-refractivity contribution in [3.05, 3.63) is 52.0 Å². The van der Waals surface area contributed by atoms with E-state index in [0.717, 1.165) is 15.6 Å². The monoisotopic (exact) mass is 322 g/mol. The lowest BCUT2D eigenvalue weighted by atomic mass is 10.2. The van der Waals surface area contributed by atoms with Crippen molar-refractivity contribution in [3.63, 3.8) is 0 Å². The highest BCUT2D eigenvalue weighted by Gasteiger charge is 2.09. The second-order valence-corrected chi connectivity index (χ2v) is 5.08. The van der Waals surface area contributed by atoms with Crippen LogP contribution < -0.4 is 9.47 Å². The maximum Gasteiger partial charge on any atom is 0.169 e. The summed E-state index contributed by atoms with van der Waals surface area (Å²) in [5.41, 5.74) is 1.82. The minimum atomic E-state index is -0.0804. The van der Waals surface area contributed by atoms with Gasteiger partial charge in [-0.1, -0.05) is 22.0 Å². The Hall–Kier alpha value is -1.52. The summed E-state index contributed by atoms with van der Waals surface area (Å²) in [6.45, 7) is 1.91.